The number of hydrogen-bond acceptors (Lipinski definition) is 3. The van der Waals surface area contributed by atoms with Gasteiger partial charge in [-0.1, -0.05) is 30.3 Å². The van der Waals surface area contributed by atoms with Crippen LogP contribution in [0.3, 0.4) is 0 Å². The van der Waals surface area contributed by atoms with E-state index in [0.29, 0.717) is 6.54 Å². The van der Waals surface area contributed by atoms with Gasteiger partial charge in [0.25, 0.3) is 0 Å². The highest BCUT2D eigenvalue weighted by molar-refractivity contribution is 5.90. The van der Waals surface area contributed by atoms with Gasteiger partial charge in [0.2, 0.25) is 0 Å². The first-order valence-electron chi connectivity index (χ1n) is 4.76. The molecule has 0 saturated heterocycles. The van der Waals surface area contributed by atoms with Crippen LogP contribution in [0.5, 0.6) is 0 Å². The number of nitrogen functional groups attached to an aromatic ring is 1. The van der Waals surface area contributed by atoms with Crippen LogP contribution in [-0.2, 0) is 6.54 Å². The van der Waals surface area contributed by atoms with Crippen molar-refractivity contribution in [3.05, 3.63) is 47.9 Å². The topological polar surface area (TPSA) is 81.1 Å². The van der Waals surface area contributed by atoms with E-state index in [-0.39, 0.29) is 11.5 Å². The van der Waals surface area contributed by atoms with Gasteiger partial charge in [-0.2, -0.15) is 0 Å². The van der Waals surface area contributed by atoms with Crippen LogP contribution in [0.1, 0.15) is 16.1 Å². The SMILES string of the molecule is Nc1c(C(=O)O)ncn1Cc1ccccc1. The smallest absolute Gasteiger partial charge is 0.358 e. The molecular weight excluding hydrogens is 206 g/mol. The number of carboxylic acids is 1. The normalized spacial score (nSPS) is 10.2. The lowest BCUT2D eigenvalue weighted by Gasteiger charge is -2.04. The summed E-state index contributed by atoms with van der Waals surface area (Å²) in [5.41, 5.74) is 6.62. The summed E-state index contributed by atoms with van der Waals surface area (Å²) in [6.07, 6.45) is 1.44. The fourth-order valence-electron chi connectivity index (χ4n) is 1.46. The van der Waals surface area contributed by atoms with Gasteiger partial charge in [-0.25, -0.2) is 9.78 Å². The van der Waals surface area contributed by atoms with Crippen molar-refractivity contribution in [2.45, 2.75) is 6.54 Å². The largest absolute Gasteiger partial charge is 0.476 e. The third-order valence-corrected chi connectivity index (χ3v) is 2.28. The van der Waals surface area contributed by atoms with Gasteiger partial charge in [0.15, 0.2) is 5.69 Å². The fraction of sp³-hybridized carbons (Fsp3) is 0.0909. The number of carboxylic acid groups (broad SMARTS) is 1. The Morgan fingerprint density at radius 3 is 2.62 bits per heavy atom. The molecule has 2 aromatic rings. The minimum absolute atomic E-state index is 0.101. The maximum atomic E-state index is 10.7. The molecule has 0 unspecified atom stereocenters. The molecule has 0 bridgehead atoms. The van der Waals surface area contributed by atoms with Crippen LogP contribution in [0.2, 0.25) is 0 Å². The third-order valence-electron chi connectivity index (χ3n) is 2.28. The standard InChI is InChI=1S/C11H11N3O2/c12-10-9(11(15)16)13-7-14(10)6-8-4-2-1-3-5-8/h1-5,7H,6,12H2,(H,15,16). The summed E-state index contributed by atoms with van der Waals surface area (Å²) >= 11 is 0. The van der Waals surface area contributed by atoms with E-state index in [1.807, 2.05) is 30.3 Å². The Labute approximate surface area is 92.2 Å². The van der Waals surface area contributed by atoms with Gasteiger partial charge in [-0.15, -0.1) is 0 Å². The summed E-state index contributed by atoms with van der Waals surface area (Å²) in [6.45, 7) is 0.521. The zero-order valence-corrected chi connectivity index (χ0v) is 8.50. The molecule has 0 aliphatic rings. The highest BCUT2D eigenvalue weighted by atomic mass is 16.4. The molecule has 5 nitrogen and oxygen atoms in total. The molecular formula is C11H11N3O2. The van der Waals surface area contributed by atoms with E-state index in [1.54, 1.807) is 4.57 Å². The molecule has 82 valence electrons. The Kier molecular flexibility index (Phi) is 2.59. The number of anilines is 1. The van der Waals surface area contributed by atoms with E-state index in [0.717, 1.165) is 5.56 Å². The van der Waals surface area contributed by atoms with E-state index in [4.69, 9.17) is 10.8 Å². The van der Waals surface area contributed by atoms with E-state index >= 15 is 0 Å². The molecule has 1 aromatic heterocycles. The Morgan fingerprint density at radius 2 is 2.06 bits per heavy atom. The Hall–Kier alpha value is -2.30. The van der Waals surface area contributed by atoms with Crippen molar-refractivity contribution in [3.63, 3.8) is 0 Å². The second-order valence-electron chi connectivity index (χ2n) is 3.40. The average Bonchev–Trinajstić information content (AvgIpc) is 2.62. The Balaban J connectivity index is 2.26. The molecule has 0 amide bonds. The van der Waals surface area contributed by atoms with Crippen molar-refractivity contribution >= 4 is 11.8 Å². The second kappa shape index (κ2) is 4.06. The average molecular weight is 217 g/mol. The first kappa shape index (κ1) is 10.2. The highest BCUT2D eigenvalue weighted by Crippen LogP contribution is 2.12. The molecule has 1 heterocycles. The molecule has 0 aliphatic carbocycles. The van der Waals surface area contributed by atoms with Crippen LogP contribution in [0.25, 0.3) is 0 Å². The molecule has 16 heavy (non-hydrogen) atoms. The molecule has 0 radical (unpaired) electrons. The maximum absolute atomic E-state index is 10.7. The molecule has 5 heteroatoms. The predicted molar refractivity (Wildman–Crippen MR) is 59.1 cm³/mol. The van der Waals surface area contributed by atoms with E-state index in [1.165, 1.54) is 6.33 Å². The minimum atomic E-state index is -1.11. The molecule has 3 N–H and O–H groups in total. The Morgan fingerprint density at radius 1 is 1.38 bits per heavy atom. The number of imidazole rings is 1. The van der Waals surface area contributed by atoms with Crippen LogP contribution in [0, 0.1) is 0 Å². The van der Waals surface area contributed by atoms with Gasteiger partial charge in [0.1, 0.15) is 5.82 Å². The number of nitrogens with zero attached hydrogens (tertiary/aromatic N) is 2. The quantitative estimate of drug-likeness (QED) is 0.809. The van der Waals surface area contributed by atoms with E-state index < -0.39 is 5.97 Å². The van der Waals surface area contributed by atoms with E-state index in [9.17, 15) is 4.79 Å². The number of hydrogen-bond donors (Lipinski definition) is 2. The summed E-state index contributed by atoms with van der Waals surface area (Å²) in [6, 6.07) is 9.64. The summed E-state index contributed by atoms with van der Waals surface area (Å²) in [5.74, 6) is -0.930. The summed E-state index contributed by atoms with van der Waals surface area (Å²) in [7, 11) is 0. The summed E-state index contributed by atoms with van der Waals surface area (Å²) in [4.78, 5) is 14.5. The van der Waals surface area contributed by atoms with Gasteiger partial charge in [-0.3, -0.25) is 0 Å². The molecule has 0 fully saturated rings. The fourth-order valence-corrected chi connectivity index (χ4v) is 1.46. The Bertz CT molecular complexity index is 505. The molecule has 0 saturated carbocycles. The van der Waals surface area contributed by atoms with Crippen LogP contribution in [0.4, 0.5) is 5.82 Å². The molecule has 2 rings (SSSR count). The second-order valence-corrected chi connectivity index (χ2v) is 3.40. The monoisotopic (exact) mass is 217 g/mol. The van der Waals surface area contributed by atoms with E-state index in [2.05, 4.69) is 4.98 Å². The van der Waals surface area contributed by atoms with Crippen LogP contribution >= 0.6 is 0 Å². The maximum Gasteiger partial charge on any atom is 0.358 e. The number of nitrogens with two attached hydrogens (primary N) is 1. The first-order valence-corrected chi connectivity index (χ1v) is 4.76. The molecule has 0 atom stereocenters. The van der Waals surface area contributed by atoms with Crippen LogP contribution in [-0.4, -0.2) is 20.6 Å². The van der Waals surface area contributed by atoms with Gasteiger partial charge in [0.05, 0.1) is 12.9 Å². The van der Waals surface area contributed by atoms with Gasteiger partial charge in [0, 0.05) is 0 Å². The van der Waals surface area contributed by atoms with Crippen molar-refractivity contribution in [3.8, 4) is 0 Å². The van der Waals surface area contributed by atoms with Crippen LogP contribution < -0.4 is 5.73 Å². The van der Waals surface area contributed by atoms with Crippen molar-refractivity contribution < 1.29 is 9.90 Å². The number of benzene rings is 1. The predicted octanol–water partition coefficient (Wildman–Crippen LogP) is 1.21. The lowest BCUT2D eigenvalue weighted by Crippen LogP contribution is -2.07. The number of carbonyl (C=O) groups is 1. The van der Waals surface area contributed by atoms with Gasteiger partial charge >= 0.3 is 5.97 Å². The summed E-state index contributed by atoms with van der Waals surface area (Å²) in [5, 5.41) is 8.79. The molecule has 1 aromatic carbocycles. The summed E-state index contributed by atoms with van der Waals surface area (Å²) < 4.78 is 1.61. The van der Waals surface area contributed by atoms with Gasteiger partial charge < -0.3 is 15.4 Å². The van der Waals surface area contributed by atoms with Crippen LogP contribution in [0.15, 0.2) is 36.7 Å². The zero-order chi connectivity index (χ0) is 11.5. The lowest BCUT2D eigenvalue weighted by atomic mass is 10.2. The number of rotatable bonds is 3. The minimum Gasteiger partial charge on any atom is -0.476 e. The van der Waals surface area contributed by atoms with Crippen molar-refractivity contribution in [1.82, 2.24) is 9.55 Å². The highest BCUT2D eigenvalue weighted by Gasteiger charge is 2.13. The molecule has 0 aliphatic heterocycles. The third kappa shape index (κ3) is 1.88. The van der Waals surface area contributed by atoms with Crippen molar-refractivity contribution in [2.24, 2.45) is 0 Å². The van der Waals surface area contributed by atoms with Gasteiger partial charge in [-0.05, 0) is 5.56 Å². The number of aromatic nitrogens is 2. The lowest BCUT2D eigenvalue weighted by molar-refractivity contribution is 0.0692. The molecule has 0 spiro atoms. The number of aromatic carboxylic acids is 1. The first-order chi connectivity index (χ1) is 7.68. The van der Waals surface area contributed by atoms with Crippen molar-refractivity contribution in [2.75, 3.05) is 5.73 Å². The van der Waals surface area contributed by atoms with Crippen molar-refractivity contribution in [1.29, 1.82) is 0 Å². The zero-order valence-electron chi connectivity index (χ0n) is 8.50.